The Labute approximate surface area is 187 Å². The number of methoxy groups -OCH3 is 1. The van der Waals surface area contributed by atoms with E-state index in [1.807, 2.05) is 42.6 Å². The summed E-state index contributed by atoms with van der Waals surface area (Å²) < 4.78 is 5.31. The smallest absolute Gasteiger partial charge is 0.251 e. The quantitative estimate of drug-likeness (QED) is 0.405. The summed E-state index contributed by atoms with van der Waals surface area (Å²) >= 11 is 0. The van der Waals surface area contributed by atoms with Crippen LogP contribution in [-0.2, 0) is 6.42 Å². The van der Waals surface area contributed by atoms with Crippen molar-refractivity contribution in [2.45, 2.75) is 31.7 Å². The van der Waals surface area contributed by atoms with Gasteiger partial charge in [0.1, 0.15) is 5.75 Å². The van der Waals surface area contributed by atoms with Crippen LogP contribution in [-0.4, -0.2) is 53.6 Å². The fraction of sp³-hybridized carbons (Fsp3) is 0.346. The molecule has 1 amide bonds. The van der Waals surface area contributed by atoms with Crippen molar-refractivity contribution < 1.29 is 9.53 Å². The van der Waals surface area contributed by atoms with Gasteiger partial charge < -0.3 is 24.9 Å². The Balaban J connectivity index is 1.08. The number of H-pyrrole nitrogens is 2. The summed E-state index contributed by atoms with van der Waals surface area (Å²) in [7, 11) is 1.70. The standard InChI is InChI=1S/C26H30N4O2/c1-32-22-5-6-23-20(17-28-25(23)16-22)3-2-12-30-13-9-21(10-14-30)29-26(31)19-4-7-24-18(15-19)8-11-27-24/h4-8,11,15-17,21,27-28H,2-3,9-10,12-14H2,1H3,(H,29,31). The van der Waals surface area contributed by atoms with E-state index in [4.69, 9.17) is 4.74 Å². The molecule has 166 valence electrons. The number of carbonyl (C=O) groups excluding carboxylic acids is 1. The number of aromatic nitrogens is 2. The third-order valence-corrected chi connectivity index (χ3v) is 6.63. The summed E-state index contributed by atoms with van der Waals surface area (Å²) in [6, 6.07) is 14.3. The Morgan fingerprint density at radius 1 is 1.09 bits per heavy atom. The fourth-order valence-electron chi connectivity index (χ4n) is 4.76. The zero-order chi connectivity index (χ0) is 21.9. The van der Waals surface area contributed by atoms with E-state index >= 15 is 0 Å². The molecule has 1 aliphatic heterocycles. The van der Waals surface area contributed by atoms with Crippen molar-refractivity contribution in [2.24, 2.45) is 0 Å². The van der Waals surface area contributed by atoms with Crippen LogP contribution in [0.1, 0.15) is 35.2 Å². The van der Waals surface area contributed by atoms with Crippen LogP contribution in [0.2, 0.25) is 0 Å². The van der Waals surface area contributed by atoms with Gasteiger partial charge in [0.25, 0.3) is 5.91 Å². The molecule has 0 saturated carbocycles. The van der Waals surface area contributed by atoms with E-state index in [1.165, 1.54) is 10.9 Å². The summed E-state index contributed by atoms with van der Waals surface area (Å²) in [4.78, 5) is 21.7. The SMILES string of the molecule is COc1ccc2c(CCCN3CCC(NC(=O)c4ccc5[nH]ccc5c4)CC3)c[nH]c2c1. The number of ether oxygens (including phenoxy) is 1. The van der Waals surface area contributed by atoms with E-state index in [1.54, 1.807) is 7.11 Å². The highest BCUT2D eigenvalue weighted by Gasteiger charge is 2.21. The van der Waals surface area contributed by atoms with Crippen molar-refractivity contribution in [3.05, 3.63) is 66.0 Å². The minimum Gasteiger partial charge on any atom is -0.497 e. The number of amides is 1. The molecule has 0 atom stereocenters. The monoisotopic (exact) mass is 430 g/mol. The number of rotatable bonds is 7. The van der Waals surface area contributed by atoms with Gasteiger partial charge in [0.05, 0.1) is 7.11 Å². The van der Waals surface area contributed by atoms with Gasteiger partial charge in [-0.05, 0) is 74.2 Å². The van der Waals surface area contributed by atoms with E-state index in [2.05, 4.69) is 32.4 Å². The molecule has 0 radical (unpaired) electrons. The topological polar surface area (TPSA) is 73.2 Å². The lowest BCUT2D eigenvalue weighted by Crippen LogP contribution is -2.44. The highest BCUT2D eigenvalue weighted by molar-refractivity contribution is 5.98. The maximum Gasteiger partial charge on any atom is 0.251 e. The van der Waals surface area contributed by atoms with Gasteiger partial charge in [0, 0.05) is 65.0 Å². The maximum atomic E-state index is 12.7. The number of fused-ring (bicyclic) bond motifs is 2. The number of benzene rings is 2. The number of likely N-dealkylation sites (tertiary alicyclic amines) is 1. The van der Waals surface area contributed by atoms with Crippen molar-refractivity contribution in [3.8, 4) is 5.75 Å². The van der Waals surface area contributed by atoms with Crippen molar-refractivity contribution in [1.29, 1.82) is 0 Å². The van der Waals surface area contributed by atoms with Crippen molar-refractivity contribution in [3.63, 3.8) is 0 Å². The molecule has 0 bridgehead atoms. The molecular weight excluding hydrogens is 400 g/mol. The van der Waals surface area contributed by atoms with E-state index in [9.17, 15) is 4.79 Å². The van der Waals surface area contributed by atoms with Crippen LogP contribution in [0.15, 0.2) is 54.9 Å². The maximum absolute atomic E-state index is 12.7. The molecule has 32 heavy (non-hydrogen) atoms. The van der Waals surface area contributed by atoms with Crippen molar-refractivity contribution in [2.75, 3.05) is 26.7 Å². The summed E-state index contributed by atoms with van der Waals surface area (Å²) in [5.74, 6) is 0.911. The summed E-state index contributed by atoms with van der Waals surface area (Å²) in [5, 5.41) is 5.58. The molecule has 4 aromatic rings. The van der Waals surface area contributed by atoms with Gasteiger partial charge in [-0.3, -0.25) is 4.79 Å². The van der Waals surface area contributed by atoms with Crippen molar-refractivity contribution >= 4 is 27.7 Å². The van der Waals surface area contributed by atoms with E-state index in [0.717, 1.165) is 73.1 Å². The first-order valence-corrected chi connectivity index (χ1v) is 11.4. The van der Waals surface area contributed by atoms with Gasteiger partial charge in [-0.25, -0.2) is 0 Å². The molecule has 3 heterocycles. The molecule has 5 rings (SSSR count). The first-order valence-electron chi connectivity index (χ1n) is 11.4. The van der Waals surface area contributed by atoms with Crippen LogP contribution in [0, 0.1) is 0 Å². The van der Waals surface area contributed by atoms with E-state index in [-0.39, 0.29) is 11.9 Å². The molecule has 6 heteroatoms. The van der Waals surface area contributed by atoms with Gasteiger partial charge in [-0.15, -0.1) is 0 Å². The van der Waals surface area contributed by atoms with Crippen LogP contribution in [0.25, 0.3) is 21.8 Å². The molecule has 1 fully saturated rings. The molecule has 0 spiro atoms. The fourth-order valence-corrected chi connectivity index (χ4v) is 4.76. The predicted octanol–water partition coefficient (Wildman–Crippen LogP) is 4.48. The number of hydrogen-bond acceptors (Lipinski definition) is 3. The lowest BCUT2D eigenvalue weighted by Gasteiger charge is -2.32. The second-order valence-electron chi connectivity index (χ2n) is 8.70. The largest absolute Gasteiger partial charge is 0.497 e. The second kappa shape index (κ2) is 9.09. The predicted molar refractivity (Wildman–Crippen MR) is 128 cm³/mol. The minimum atomic E-state index is 0.0301. The number of nitrogens with one attached hydrogen (secondary N) is 3. The number of carbonyl (C=O) groups is 1. The Bertz CT molecular complexity index is 1220. The normalized spacial score (nSPS) is 15.4. The Morgan fingerprint density at radius 2 is 1.97 bits per heavy atom. The third-order valence-electron chi connectivity index (χ3n) is 6.63. The average Bonchev–Trinajstić information content (AvgIpc) is 3.46. The van der Waals surface area contributed by atoms with Gasteiger partial charge in [-0.1, -0.05) is 0 Å². The van der Waals surface area contributed by atoms with Gasteiger partial charge in [0.2, 0.25) is 0 Å². The molecule has 1 aliphatic rings. The first-order chi connectivity index (χ1) is 15.7. The average molecular weight is 431 g/mol. The van der Waals surface area contributed by atoms with Crippen LogP contribution < -0.4 is 10.1 Å². The molecule has 0 unspecified atom stereocenters. The highest BCUT2D eigenvalue weighted by atomic mass is 16.5. The van der Waals surface area contributed by atoms with Gasteiger partial charge in [-0.2, -0.15) is 0 Å². The molecule has 2 aromatic heterocycles. The molecule has 3 N–H and O–H groups in total. The second-order valence-corrected chi connectivity index (χ2v) is 8.70. The summed E-state index contributed by atoms with van der Waals surface area (Å²) in [6.07, 6.45) is 8.22. The number of piperidine rings is 1. The molecule has 0 aliphatic carbocycles. The molecular formula is C26H30N4O2. The van der Waals surface area contributed by atoms with E-state index < -0.39 is 0 Å². The Kier molecular flexibility index (Phi) is 5.86. The summed E-state index contributed by atoms with van der Waals surface area (Å²) in [6.45, 7) is 3.16. The zero-order valence-corrected chi connectivity index (χ0v) is 18.5. The van der Waals surface area contributed by atoms with Crippen LogP contribution >= 0.6 is 0 Å². The third kappa shape index (κ3) is 4.36. The van der Waals surface area contributed by atoms with Crippen LogP contribution in [0.3, 0.4) is 0 Å². The first kappa shape index (κ1) is 20.6. The number of aryl methyl sites for hydroxylation is 1. The highest BCUT2D eigenvalue weighted by Crippen LogP contribution is 2.24. The molecule has 1 saturated heterocycles. The zero-order valence-electron chi connectivity index (χ0n) is 18.5. The summed E-state index contributed by atoms with van der Waals surface area (Å²) in [5.41, 5.74) is 4.29. The van der Waals surface area contributed by atoms with Crippen LogP contribution in [0.5, 0.6) is 5.75 Å². The molecule has 2 aromatic carbocycles. The number of nitrogens with zero attached hydrogens (tertiary/aromatic N) is 1. The number of hydrogen-bond donors (Lipinski definition) is 3. The molecule has 6 nitrogen and oxygen atoms in total. The lowest BCUT2D eigenvalue weighted by atomic mass is 10.0. The lowest BCUT2D eigenvalue weighted by molar-refractivity contribution is 0.0911. The van der Waals surface area contributed by atoms with Gasteiger partial charge >= 0.3 is 0 Å². The number of aromatic amines is 2. The van der Waals surface area contributed by atoms with Crippen LogP contribution in [0.4, 0.5) is 0 Å². The Hall–Kier alpha value is -3.25. The Morgan fingerprint density at radius 3 is 2.81 bits per heavy atom. The minimum absolute atomic E-state index is 0.0301. The van der Waals surface area contributed by atoms with E-state index in [0.29, 0.717) is 0 Å². The van der Waals surface area contributed by atoms with Crippen molar-refractivity contribution in [1.82, 2.24) is 20.2 Å². The van der Waals surface area contributed by atoms with Gasteiger partial charge in [0.15, 0.2) is 0 Å².